The number of nitrogens with zero attached hydrogens (tertiary/aromatic N) is 3. The molecule has 1 N–H and O–H groups in total. The molecule has 5 rings (SSSR count). The molecule has 1 fully saturated rings. The second-order valence-electron chi connectivity index (χ2n) is 8.44. The van der Waals surface area contributed by atoms with Gasteiger partial charge in [-0.2, -0.15) is 4.98 Å². The first-order valence-corrected chi connectivity index (χ1v) is 11.9. The molecule has 0 spiro atoms. The number of nitrogens with one attached hydrogen (secondary N) is 1. The molecular formula is C25H27BrN4O3. The minimum absolute atomic E-state index is 0.0164. The van der Waals surface area contributed by atoms with Crippen LogP contribution in [0.4, 0.5) is 5.82 Å². The molecule has 1 aliphatic rings. The van der Waals surface area contributed by atoms with Crippen LogP contribution in [0.25, 0.3) is 16.7 Å². The fourth-order valence-corrected chi connectivity index (χ4v) is 4.79. The Labute approximate surface area is 201 Å². The number of ether oxygens (including phenoxy) is 3. The first-order chi connectivity index (χ1) is 16.0. The lowest BCUT2D eigenvalue weighted by Crippen LogP contribution is -2.16. The van der Waals surface area contributed by atoms with E-state index in [9.17, 15) is 0 Å². The van der Waals surface area contributed by atoms with Gasteiger partial charge in [0.15, 0.2) is 11.5 Å². The fraction of sp³-hybridized carbons (Fsp3) is 0.360. The molecule has 1 saturated heterocycles. The van der Waals surface area contributed by atoms with Gasteiger partial charge in [0.25, 0.3) is 0 Å². The van der Waals surface area contributed by atoms with Crippen LogP contribution in [0.3, 0.4) is 0 Å². The highest BCUT2D eigenvalue weighted by Gasteiger charge is 2.22. The summed E-state index contributed by atoms with van der Waals surface area (Å²) in [5, 5.41) is 4.57. The Morgan fingerprint density at radius 1 is 1.24 bits per heavy atom. The largest absolute Gasteiger partial charge is 0.493 e. The van der Waals surface area contributed by atoms with Crippen LogP contribution in [-0.2, 0) is 4.74 Å². The Balaban J connectivity index is 1.65. The second-order valence-corrected chi connectivity index (χ2v) is 9.29. The van der Waals surface area contributed by atoms with E-state index in [0.717, 1.165) is 33.3 Å². The molecule has 2 aromatic heterocycles. The number of aryl methyl sites for hydroxylation is 1. The van der Waals surface area contributed by atoms with E-state index in [1.54, 1.807) is 7.11 Å². The molecule has 3 heterocycles. The van der Waals surface area contributed by atoms with Crippen molar-refractivity contribution in [1.82, 2.24) is 14.4 Å². The number of hydrogen-bond acceptors (Lipinski definition) is 6. The summed E-state index contributed by atoms with van der Waals surface area (Å²) < 4.78 is 20.6. The smallest absolute Gasteiger partial charge is 0.236 e. The average molecular weight is 511 g/mol. The van der Waals surface area contributed by atoms with Crippen molar-refractivity contribution in [3.8, 4) is 11.5 Å². The van der Waals surface area contributed by atoms with Crippen LogP contribution in [0.5, 0.6) is 11.5 Å². The normalized spacial score (nSPS) is 16.9. The molecule has 0 bridgehead atoms. The monoisotopic (exact) mass is 510 g/mol. The van der Waals surface area contributed by atoms with Gasteiger partial charge in [-0.05, 0) is 44.0 Å². The van der Waals surface area contributed by atoms with E-state index in [1.807, 2.05) is 29.7 Å². The van der Waals surface area contributed by atoms with Gasteiger partial charge in [0.1, 0.15) is 11.9 Å². The molecule has 2 aromatic carbocycles. The molecule has 33 heavy (non-hydrogen) atoms. The van der Waals surface area contributed by atoms with E-state index in [0.29, 0.717) is 30.5 Å². The van der Waals surface area contributed by atoms with Crippen LogP contribution in [0, 0.1) is 13.8 Å². The first kappa shape index (κ1) is 22.0. The molecule has 7 nitrogen and oxygen atoms in total. The van der Waals surface area contributed by atoms with E-state index in [-0.39, 0.29) is 12.1 Å². The number of halogens is 1. The zero-order valence-corrected chi connectivity index (χ0v) is 20.8. The molecule has 1 aliphatic heterocycles. The van der Waals surface area contributed by atoms with Crippen LogP contribution >= 0.6 is 15.9 Å². The van der Waals surface area contributed by atoms with E-state index < -0.39 is 0 Å². The molecular weight excluding hydrogens is 484 g/mol. The molecule has 172 valence electrons. The Kier molecular flexibility index (Phi) is 5.88. The molecule has 8 heteroatoms. The number of rotatable bonds is 6. The third kappa shape index (κ3) is 4.02. The number of anilines is 1. The highest BCUT2D eigenvalue weighted by molar-refractivity contribution is 9.10. The van der Waals surface area contributed by atoms with E-state index >= 15 is 0 Å². The zero-order valence-electron chi connectivity index (χ0n) is 19.2. The summed E-state index contributed by atoms with van der Waals surface area (Å²) in [6.45, 7) is 7.58. The lowest BCUT2D eigenvalue weighted by molar-refractivity contribution is 0.139. The Morgan fingerprint density at radius 2 is 2.09 bits per heavy atom. The van der Waals surface area contributed by atoms with Crippen molar-refractivity contribution in [2.75, 3.05) is 25.6 Å². The molecule has 0 aliphatic carbocycles. The standard InChI is InChI=1S/C25H27BrN4O3/c1-14-12-27-25-29-24(28-16(3)18-6-5-7-20(26)15(18)2)19-10-23(33-17-8-9-32-13-17)22(31-4)11-21(19)30(14)25/h5-7,10-12,16-17H,8-9,13H2,1-4H3,(H,27,28,29). The lowest BCUT2D eigenvalue weighted by atomic mass is 10.0. The third-order valence-corrected chi connectivity index (χ3v) is 7.08. The van der Waals surface area contributed by atoms with Gasteiger partial charge in [-0.3, -0.25) is 4.40 Å². The van der Waals surface area contributed by atoms with Gasteiger partial charge in [0.2, 0.25) is 5.78 Å². The summed E-state index contributed by atoms with van der Waals surface area (Å²) in [5.41, 5.74) is 4.37. The lowest BCUT2D eigenvalue weighted by Gasteiger charge is -2.21. The fourth-order valence-electron chi connectivity index (χ4n) is 4.41. The maximum absolute atomic E-state index is 6.27. The van der Waals surface area contributed by atoms with Crippen molar-refractivity contribution < 1.29 is 14.2 Å². The predicted molar refractivity (Wildman–Crippen MR) is 133 cm³/mol. The average Bonchev–Trinajstić information content (AvgIpc) is 3.45. The predicted octanol–water partition coefficient (Wildman–Crippen LogP) is 5.61. The number of benzene rings is 2. The number of methoxy groups -OCH3 is 1. The minimum Gasteiger partial charge on any atom is -0.493 e. The van der Waals surface area contributed by atoms with E-state index in [1.165, 1.54) is 11.1 Å². The van der Waals surface area contributed by atoms with Gasteiger partial charge in [0, 0.05) is 28.0 Å². The van der Waals surface area contributed by atoms with Crippen LogP contribution in [0.15, 0.2) is 41.0 Å². The second kappa shape index (κ2) is 8.83. The van der Waals surface area contributed by atoms with Crippen molar-refractivity contribution in [3.63, 3.8) is 0 Å². The first-order valence-electron chi connectivity index (χ1n) is 11.1. The number of imidazole rings is 1. The highest BCUT2D eigenvalue weighted by Crippen LogP contribution is 2.38. The summed E-state index contributed by atoms with van der Waals surface area (Å²) in [7, 11) is 1.66. The van der Waals surface area contributed by atoms with E-state index in [4.69, 9.17) is 19.2 Å². The SMILES string of the molecule is COc1cc2c(cc1OC1CCOC1)c(NC(C)c1cccc(Br)c1C)nc1ncc(C)n12. The van der Waals surface area contributed by atoms with Gasteiger partial charge in [-0.1, -0.05) is 28.1 Å². The van der Waals surface area contributed by atoms with Gasteiger partial charge in [-0.15, -0.1) is 0 Å². The van der Waals surface area contributed by atoms with Crippen molar-refractivity contribution in [2.45, 2.75) is 39.3 Å². The number of hydrogen-bond donors (Lipinski definition) is 1. The minimum atomic E-state index is 0.0164. The van der Waals surface area contributed by atoms with Crippen LogP contribution in [-0.4, -0.2) is 40.8 Å². The maximum Gasteiger partial charge on any atom is 0.236 e. The topological polar surface area (TPSA) is 69.9 Å². The van der Waals surface area contributed by atoms with Crippen molar-refractivity contribution in [1.29, 1.82) is 0 Å². The molecule has 2 atom stereocenters. The maximum atomic E-state index is 6.27. The van der Waals surface area contributed by atoms with Crippen molar-refractivity contribution >= 4 is 38.4 Å². The Bertz CT molecular complexity index is 1330. The molecule has 0 saturated carbocycles. The molecule has 4 aromatic rings. The molecule has 0 amide bonds. The van der Waals surface area contributed by atoms with Gasteiger partial charge in [-0.25, -0.2) is 4.98 Å². The third-order valence-electron chi connectivity index (χ3n) is 6.22. The summed E-state index contributed by atoms with van der Waals surface area (Å²) in [4.78, 5) is 9.40. The van der Waals surface area contributed by atoms with Crippen molar-refractivity contribution in [3.05, 3.63) is 57.8 Å². The highest BCUT2D eigenvalue weighted by atomic mass is 79.9. The summed E-state index contributed by atoms with van der Waals surface area (Å²) >= 11 is 3.64. The summed E-state index contributed by atoms with van der Waals surface area (Å²) in [6.07, 6.45) is 2.71. The zero-order chi connectivity index (χ0) is 23.1. The van der Waals surface area contributed by atoms with Gasteiger partial charge < -0.3 is 19.5 Å². The quantitative estimate of drug-likeness (QED) is 0.363. The Morgan fingerprint density at radius 3 is 2.85 bits per heavy atom. The number of fused-ring (bicyclic) bond motifs is 3. The van der Waals surface area contributed by atoms with Crippen molar-refractivity contribution in [2.24, 2.45) is 0 Å². The van der Waals surface area contributed by atoms with E-state index in [2.05, 4.69) is 58.3 Å². The Hall–Kier alpha value is -2.84. The van der Waals surface area contributed by atoms with Gasteiger partial charge >= 0.3 is 0 Å². The van der Waals surface area contributed by atoms with Crippen LogP contribution < -0.4 is 14.8 Å². The summed E-state index contributed by atoms with van der Waals surface area (Å²) in [6, 6.07) is 10.3. The number of aromatic nitrogens is 3. The molecule has 2 unspecified atom stereocenters. The van der Waals surface area contributed by atoms with Crippen LogP contribution in [0.2, 0.25) is 0 Å². The summed E-state index contributed by atoms with van der Waals surface area (Å²) in [5.74, 6) is 2.76. The molecule has 0 radical (unpaired) electrons. The van der Waals surface area contributed by atoms with Gasteiger partial charge in [0.05, 0.1) is 38.1 Å². The van der Waals surface area contributed by atoms with Crippen LogP contribution in [0.1, 0.15) is 36.2 Å².